The Morgan fingerprint density at radius 1 is 1.32 bits per heavy atom. The van der Waals surface area contributed by atoms with E-state index in [0.29, 0.717) is 17.8 Å². The van der Waals surface area contributed by atoms with Crippen LogP contribution in [-0.2, 0) is 0 Å². The van der Waals surface area contributed by atoms with Gasteiger partial charge in [0.15, 0.2) is 0 Å². The molecule has 3 rings (SSSR count). The Hall–Kier alpha value is -1.07. The number of pyridine rings is 2. The van der Waals surface area contributed by atoms with Crippen molar-refractivity contribution in [3.05, 3.63) is 41.9 Å². The molecule has 1 aliphatic heterocycles. The van der Waals surface area contributed by atoms with Gasteiger partial charge in [-0.15, -0.1) is 24.8 Å². The van der Waals surface area contributed by atoms with Gasteiger partial charge in [-0.25, -0.2) is 4.98 Å². The van der Waals surface area contributed by atoms with Crippen molar-refractivity contribution in [3.8, 4) is 16.9 Å². The van der Waals surface area contributed by atoms with Gasteiger partial charge in [0.25, 0.3) is 0 Å². The van der Waals surface area contributed by atoms with E-state index in [0.717, 1.165) is 29.8 Å². The molecule has 0 unspecified atom stereocenters. The van der Waals surface area contributed by atoms with Crippen molar-refractivity contribution < 1.29 is 4.74 Å². The van der Waals surface area contributed by atoms with E-state index < -0.39 is 0 Å². The molecule has 1 atom stereocenters. The molecule has 0 radical (unpaired) electrons. The van der Waals surface area contributed by atoms with Gasteiger partial charge < -0.3 is 10.1 Å². The second-order valence-electron chi connectivity index (χ2n) is 4.86. The molecular weight excluding hydrogens is 345 g/mol. The largest absolute Gasteiger partial charge is 0.490 e. The molecule has 3 heterocycles. The number of hydrogen-bond acceptors (Lipinski definition) is 4. The van der Waals surface area contributed by atoms with E-state index in [1.54, 1.807) is 18.6 Å². The van der Waals surface area contributed by atoms with Crippen LogP contribution < -0.4 is 10.1 Å². The van der Waals surface area contributed by atoms with E-state index in [1.807, 2.05) is 18.2 Å². The minimum absolute atomic E-state index is 0. The molecule has 2 aromatic rings. The van der Waals surface area contributed by atoms with Gasteiger partial charge in [-0.3, -0.25) is 4.98 Å². The lowest BCUT2D eigenvalue weighted by molar-refractivity contribution is 0.276. The number of hydrogen-bond donors (Lipinski definition) is 1. The van der Waals surface area contributed by atoms with Crippen LogP contribution in [0, 0.1) is 0 Å². The van der Waals surface area contributed by atoms with E-state index in [1.165, 1.54) is 6.42 Å². The summed E-state index contributed by atoms with van der Waals surface area (Å²) in [6, 6.07) is 6.19. The summed E-state index contributed by atoms with van der Waals surface area (Å²) in [6.45, 7) is 1.74. The molecule has 0 saturated carbocycles. The lowest BCUT2D eigenvalue weighted by Gasteiger charge is -2.13. The average Bonchev–Trinajstić information content (AvgIpc) is 3.01. The van der Waals surface area contributed by atoms with Crippen LogP contribution in [0.2, 0.25) is 5.15 Å². The van der Waals surface area contributed by atoms with Crippen LogP contribution in [-0.4, -0.2) is 29.2 Å². The highest BCUT2D eigenvalue weighted by atomic mass is 35.5. The summed E-state index contributed by atoms with van der Waals surface area (Å²) < 4.78 is 5.80. The highest BCUT2D eigenvalue weighted by Gasteiger charge is 2.15. The topological polar surface area (TPSA) is 47.0 Å². The number of ether oxygens (including phenoxy) is 1. The fourth-order valence-corrected chi connectivity index (χ4v) is 2.54. The van der Waals surface area contributed by atoms with Crippen LogP contribution >= 0.6 is 36.4 Å². The zero-order valence-electron chi connectivity index (χ0n) is 11.9. The molecule has 0 spiro atoms. The van der Waals surface area contributed by atoms with Crippen molar-refractivity contribution in [1.29, 1.82) is 0 Å². The van der Waals surface area contributed by atoms with E-state index in [-0.39, 0.29) is 24.8 Å². The van der Waals surface area contributed by atoms with Crippen molar-refractivity contribution >= 4 is 36.4 Å². The monoisotopic (exact) mass is 361 g/mol. The summed E-state index contributed by atoms with van der Waals surface area (Å²) in [7, 11) is 0. The first-order valence-corrected chi connectivity index (χ1v) is 7.13. The van der Waals surface area contributed by atoms with Gasteiger partial charge in [0.05, 0.1) is 6.20 Å². The molecule has 0 amide bonds. The molecule has 1 aliphatic rings. The van der Waals surface area contributed by atoms with Crippen molar-refractivity contribution in [1.82, 2.24) is 15.3 Å². The highest BCUT2D eigenvalue weighted by molar-refractivity contribution is 6.32. The van der Waals surface area contributed by atoms with Crippen molar-refractivity contribution in [2.75, 3.05) is 13.2 Å². The Kier molecular flexibility index (Phi) is 7.90. The molecule has 2 aromatic heterocycles. The molecule has 0 bridgehead atoms. The molecule has 120 valence electrons. The highest BCUT2D eigenvalue weighted by Crippen LogP contribution is 2.29. The second-order valence-corrected chi connectivity index (χ2v) is 5.21. The first kappa shape index (κ1) is 19.0. The molecule has 4 nitrogen and oxygen atoms in total. The summed E-state index contributed by atoms with van der Waals surface area (Å²) in [6.07, 6.45) is 7.55. The van der Waals surface area contributed by atoms with Crippen LogP contribution in [0.25, 0.3) is 11.1 Å². The fourth-order valence-electron chi connectivity index (χ4n) is 2.33. The van der Waals surface area contributed by atoms with Crippen molar-refractivity contribution in [2.45, 2.75) is 18.9 Å². The molecule has 1 saturated heterocycles. The Balaban J connectivity index is 0.00000121. The van der Waals surface area contributed by atoms with Gasteiger partial charge in [-0.1, -0.05) is 17.7 Å². The number of nitrogens with zero attached hydrogens (tertiary/aromatic N) is 2. The Bertz CT molecular complexity index is 578. The number of nitrogens with one attached hydrogen (secondary N) is 1. The maximum atomic E-state index is 6.15. The zero-order valence-corrected chi connectivity index (χ0v) is 14.3. The summed E-state index contributed by atoms with van der Waals surface area (Å²) >= 11 is 6.15. The second kappa shape index (κ2) is 9.16. The summed E-state index contributed by atoms with van der Waals surface area (Å²) in [5, 5.41) is 3.87. The molecular formula is C15H18Cl3N3O. The van der Waals surface area contributed by atoms with Crippen molar-refractivity contribution in [3.63, 3.8) is 0 Å². The Morgan fingerprint density at radius 3 is 2.86 bits per heavy atom. The lowest BCUT2D eigenvalue weighted by atomic mass is 10.1. The molecule has 0 aromatic carbocycles. The Labute approximate surface area is 147 Å². The summed E-state index contributed by atoms with van der Waals surface area (Å²) in [5.74, 6) is 0.738. The third kappa shape index (κ3) is 4.71. The van der Waals surface area contributed by atoms with Crippen LogP contribution in [0.1, 0.15) is 12.8 Å². The molecule has 1 fully saturated rings. The van der Waals surface area contributed by atoms with E-state index >= 15 is 0 Å². The lowest BCUT2D eigenvalue weighted by Crippen LogP contribution is -2.28. The number of rotatable bonds is 4. The van der Waals surface area contributed by atoms with Gasteiger partial charge in [-0.2, -0.15) is 0 Å². The predicted molar refractivity (Wildman–Crippen MR) is 93.5 cm³/mol. The van der Waals surface area contributed by atoms with Gasteiger partial charge in [0.2, 0.25) is 0 Å². The third-order valence-electron chi connectivity index (χ3n) is 3.40. The zero-order chi connectivity index (χ0) is 13.8. The normalized spacial score (nSPS) is 16.5. The van der Waals surface area contributed by atoms with E-state index in [2.05, 4.69) is 15.3 Å². The first-order chi connectivity index (χ1) is 9.83. The quantitative estimate of drug-likeness (QED) is 0.841. The maximum absolute atomic E-state index is 6.15. The smallest absolute Gasteiger partial charge is 0.138 e. The standard InChI is InChI=1S/C15H16ClN3O.2ClH/c16-15-14(11-3-1-5-17-8-11)7-13(9-19-15)20-10-12-4-2-6-18-12;;/h1,3,5,7-9,12,18H,2,4,6,10H2;2*1H/t12-;;/m0../s1. The number of aromatic nitrogens is 2. The minimum atomic E-state index is 0. The molecule has 22 heavy (non-hydrogen) atoms. The molecule has 1 N–H and O–H groups in total. The van der Waals surface area contributed by atoms with Crippen molar-refractivity contribution in [2.24, 2.45) is 0 Å². The van der Waals surface area contributed by atoms with Gasteiger partial charge >= 0.3 is 0 Å². The van der Waals surface area contributed by atoms with Gasteiger partial charge in [0.1, 0.15) is 17.5 Å². The average molecular weight is 363 g/mol. The van der Waals surface area contributed by atoms with E-state index in [9.17, 15) is 0 Å². The van der Waals surface area contributed by atoms with Crippen LogP contribution in [0.15, 0.2) is 36.8 Å². The SMILES string of the molecule is Cl.Cl.Clc1ncc(OC[C@@H]2CCCN2)cc1-c1cccnc1. The Morgan fingerprint density at radius 2 is 2.18 bits per heavy atom. The first-order valence-electron chi connectivity index (χ1n) is 6.75. The van der Waals surface area contributed by atoms with Crippen LogP contribution in [0.5, 0.6) is 5.75 Å². The predicted octanol–water partition coefficient (Wildman–Crippen LogP) is 3.77. The molecule has 0 aliphatic carbocycles. The van der Waals surface area contributed by atoms with E-state index in [4.69, 9.17) is 16.3 Å². The van der Waals surface area contributed by atoms with Crippen LogP contribution in [0.3, 0.4) is 0 Å². The summed E-state index contributed by atoms with van der Waals surface area (Å²) in [5.41, 5.74) is 1.78. The van der Waals surface area contributed by atoms with Crippen LogP contribution in [0.4, 0.5) is 0 Å². The minimum Gasteiger partial charge on any atom is -0.490 e. The molecule has 7 heteroatoms. The van der Waals surface area contributed by atoms with Gasteiger partial charge in [-0.05, 0) is 31.5 Å². The summed E-state index contributed by atoms with van der Waals surface area (Å²) in [4.78, 5) is 8.30. The maximum Gasteiger partial charge on any atom is 0.138 e. The fraction of sp³-hybridized carbons (Fsp3) is 0.333. The number of halogens is 3. The van der Waals surface area contributed by atoms with Gasteiger partial charge in [0, 0.05) is 29.6 Å². The third-order valence-corrected chi connectivity index (χ3v) is 3.70.